The second-order valence-corrected chi connectivity index (χ2v) is 5.14. The predicted molar refractivity (Wildman–Crippen MR) is 72.8 cm³/mol. The fourth-order valence-corrected chi connectivity index (χ4v) is 2.30. The van der Waals surface area contributed by atoms with Crippen molar-refractivity contribution in [2.45, 2.75) is 30.7 Å². The van der Waals surface area contributed by atoms with Crippen LogP contribution in [0, 0.1) is 0 Å². The minimum absolute atomic E-state index is 0.0307. The first kappa shape index (κ1) is 16.9. The second-order valence-electron chi connectivity index (χ2n) is 4.74. The zero-order chi connectivity index (χ0) is 16.4. The monoisotopic (exact) mass is 334 g/mol. The zero-order valence-electron chi connectivity index (χ0n) is 11.2. The van der Waals surface area contributed by atoms with Gasteiger partial charge in [-0.2, -0.15) is 0 Å². The normalized spacial score (nSPS) is 31.8. The van der Waals surface area contributed by atoms with Gasteiger partial charge in [0.25, 0.3) is 0 Å². The highest BCUT2D eigenvalue weighted by Crippen LogP contribution is 2.32. The second kappa shape index (κ2) is 6.78. The van der Waals surface area contributed by atoms with E-state index in [2.05, 4.69) is 0 Å². The number of aliphatic hydroxyl groups excluding tert-OH is 4. The average Bonchev–Trinajstić information content (AvgIpc) is 2.49. The topological polar surface area (TPSA) is 137 Å². The summed E-state index contributed by atoms with van der Waals surface area (Å²) < 4.78 is 10.4. The maximum atomic E-state index is 11.2. The number of hydrogen-bond donors (Lipinski definition) is 5. The van der Waals surface area contributed by atoms with Crippen LogP contribution >= 0.6 is 11.6 Å². The molecule has 2 rings (SSSR count). The lowest BCUT2D eigenvalue weighted by Gasteiger charge is -2.39. The Morgan fingerprint density at radius 3 is 2.50 bits per heavy atom. The summed E-state index contributed by atoms with van der Waals surface area (Å²) in [6.45, 7) is -0.626. The number of para-hydroxylation sites is 1. The summed E-state index contributed by atoms with van der Waals surface area (Å²) in [6.07, 6.45) is -7.50. The number of carboxylic acid groups (broad SMARTS) is 1. The Balaban J connectivity index is 2.28. The van der Waals surface area contributed by atoms with Crippen molar-refractivity contribution in [1.29, 1.82) is 0 Å². The highest BCUT2D eigenvalue weighted by Gasteiger charge is 2.45. The summed E-state index contributed by atoms with van der Waals surface area (Å²) in [5, 5.41) is 47.4. The van der Waals surface area contributed by atoms with Gasteiger partial charge in [-0.1, -0.05) is 17.7 Å². The Morgan fingerprint density at radius 1 is 1.23 bits per heavy atom. The fourth-order valence-electron chi connectivity index (χ4n) is 2.08. The van der Waals surface area contributed by atoms with Crippen LogP contribution in [0.2, 0.25) is 5.02 Å². The van der Waals surface area contributed by atoms with Gasteiger partial charge in [-0.25, -0.2) is 4.79 Å². The summed E-state index contributed by atoms with van der Waals surface area (Å²) in [5.74, 6) is -1.55. The summed E-state index contributed by atoms with van der Waals surface area (Å²) >= 11 is 5.89. The first-order valence-electron chi connectivity index (χ1n) is 6.35. The smallest absolute Gasteiger partial charge is 0.339 e. The molecule has 5 N–H and O–H groups in total. The van der Waals surface area contributed by atoms with E-state index in [9.17, 15) is 20.1 Å². The van der Waals surface area contributed by atoms with Crippen LogP contribution in [0.15, 0.2) is 18.2 Å². The maximum absolute atomic E-state index is 11.2. The molecule has 1 aromatic carbocycles. The van der Waals surface area contributed by atoms with E-state index in [1.807, 2.05) is 0 Å². The van der Waals surface area contributed by atoms with Crippen LogP contribution in [0.25, 0.3) is 0 Å². The lowest BCUT2D eigenvalue weighted by atomic mass is 9.99. The van der Waals surface area contributed by atoms with E-state index in [-0.39, 0.29) is 16.3 Å². The lowest BCUT2D eigenvalue weighted by Crippen LogP contribution is -2.60. The Bertz CT molecular complexity index is 549. The Labute approximate surface area is 130 Å². The van der Waals surface area contributed by atoms with Gasteiger partial charge in [-0.15, -0.1) is 0 Å². The molecule has 0 aliphatic carbocycles. The molecule has 122 valence electrons. The van der Waals surface area contributed by atoms with Crippen molar-refractivity contribution < 1.29 is 39.8 Å². The summed E-state index contributed by atoms with van der Waals surface area (Å²) in [6, 6.07) is 4.03. The van der Waals surface area contributed by atoms with Crippen LogP contribution in [0.5, 0.6) is 5.75 Å². The first-order valence-corrected chi connectivity index (χ1v) is 6.73. The number of ether oxygens (including phenoxy) is 2. The van der Waals surface area contributed by atoms with Gasteiger partial charge < -0.3 is 35.0 Å². The number of aliphatic hydroxyl groups is 4. The molecule has 0 amide bonds. The largest absolute Gasteiger partial charge is 0.478 e. The van der Waals surface area contributed by atoms with Crippen molar-refractivity contribution in [2.24, 2.45) is 0 Å². The van der Waals surface area contributed by atoms with E-state index in [4.69, 9.17) is 31.3 Å². The third kappa shape index (κ3) is 3.17. The quantitative estimate of drug-likeness (QED) is 0.483. The molecule has 1 heterocycles. The van der Waals surface area contributed by atoms with Crippen molar-refractivity contribution in [3.05, 3.63) is 28.8 Å². The zero-order valence-corrected chi connectivity index (χ0v) is 11.9. The maximum Gasteiger partial charge on any atom is 0.339 e. The molecule has 1 aliphatic rings. The molecule has 1 aromatic rings. The summed E-state index contributed by atoms with van der Waals surface area (Å²) in [5.41, 5.74) is -0.260. The first-order chi connectivity index (χ1) is 10.4. The van der Waals surface area contributed by atoms with Gasteiger partial charge in [0, 0.05) is 0 Å². The van der Waals surface area contributed by atoms with Crippen LogP contribution in [0.4, 0.5) is 0 Å². The number of aromatic carboxylic acids is 1. The van der Waals surface area contributed by atoms with E-state index < -0.39 is 43.3 Å². The van der Waals surface area contributed by atoms with Gasteiger partial charge in [0.2, 0.25) is 6.29 Å². The van der Waals surface area contributed by atoms with Gasteiger partial charge in [-0.3, -0.25) is 0 Å². The number of benzene rings is 1. The van der Waals surface area contributed by atoms with Crippen LogP contribution < -0.4 is 4.74 Å². The van der Waals surface area contributed by atoms with Gasteiger partial charge in [0.05, 0.1) is 11.6 Å². The fraction of sp³-hybridized carbons (Fsp3) is 0.462. The molecular formula is C13H15ClO8. The number of carbonyl (C=O) groups is 1. The third-order valence-electron chi connectivity index (χ3n) is 3.28. The Kier molecular flexibility index (Phi) is 5.22. The molecule has 1 saturated heterocycles. The van der Waals surface area contributed by atoms with E-state index in [0.717, 1.165) is 0 Å². The molecule has 5 atom stereocenters. The summed E-state index contributed by atoms with van der Waals surface area (Å²) in [7, 11) is 0. The van der Waals surface area contributed by atoms with E-state index in [1.54, 1.807) is 0 Å². The van der Waals surface area contributed by atoms with Gasteiger partial charge in [0.15, 0.2) is 5.75 Å². The molecule has 1 aliphatic heterocycles. The minimum atomic E-state index is -1.66. The van der Waals surface area contributed by atoms with Crippen molar-refractivity contribution in [3.8, 4) is 5.75 Å². The van der Waals surface area contributed by atoms with E-state index in [1.165, 1.54) is 18.2 Å². The molecule has 1 fully saturated rings. The third-order valence-corrected chi connectivity index (χ3v) is 3.58. The molecule has 1 unspecified atom stereocenters. The highest BCUT2D eigenvalue weighted by molar-refractivity contribution is 6.32. The van der Waals surface area contributed by atoms with Crippen LogP contribution in [0.1, 0.15) is 10.4 Å². The molecule has 0 aromatic heterocycles. The molecule has 0 spiro atoms. The van der Waals surface area contributed by atoms with Crippen LogP contribution in [-0.4, -0.2) is 68.8 Å². The SMILES string of the molecule is O=C(O)c1cccc(Cl)c1OC1O[C@H](CO)[C@@H](O)[C@H](O)[C@H]1O. The Hall–Kier alpha value is -1.42. The van der Waals surface area contributed by atoms with Crippen molar-refractivity contribution >= 4 is 17.6 Å². The highest BCUT2D eigenvalue weighted by atomic mass is 35.5. The lowest BCUT2D eigenvalue weighted by molar-refractivity contribution is -0.277. The molecule has 22 heavy (non-hydrogen) atoms. The van der Waals surface area contributed by atoms with Crippen LogP contribution in [0.3, 0.4) is 0 Å². The standard InChI is InChI=1S/C13H15ClO8/c14-6-3-1-2-5(12(19)20)11(6)22-13-10(18)9(17)8(16)7(4-15)21-13/h1-3,7-10,13,15-18H,4H2,(H,19,20)/t7-,8-,9+,10-,13?/m1/s1. The minimum Gasteiger partial charge on any atom is -0.478 e. The van der Waals surface area contributed by atoms with Gasteiger partial charge in [0.1, 0.15) is 30.0 Å². The molecule has 0 radical (unpaired) electrons. The van der Waals surface area contributed by atoms with Crippen molar-refractivity contribution in [3.63, 3.8) is 0 Å². The van der Waals surface area contributed by atoms with Crippen LogP contribution in [-0.2, 0) is 4.74 Å². The van der Waals surface area contributed by atoms with Gasteiger partial charge >= 0.3 is 5.97 Å². The van der Waals surface area contributed by atoms with Gasteiger partial charge in [-0.05, 0) is 12.1 Å². The number of hydrogen-bond acceptors (Lipinski definition) is 7. The van der Waals surface area contributed by atoms with E-state index >= 15 is 0 Å². The van der Waals surface area contributed by atoms with Crippen molar-refractivity contribution in [2.75, 3.05) is 6.61 Å². The number of carboxylic acids is 1. The molecular weight excluding hydrogens is 320 g/mol. The molecule has 0 bridgehead atoms. The number of rotatable bonds is 4. The molecule has 8 nitrogen and oxygen atoms in total. The Morgan fingerprint density at radius 2 is 1.91 bits per heavy atom. The average molecular weight is 335 g/mol. The summed E-state index contributed by atoms with van der Waals surface area (Å²) in [4.78, 5) is 11.2. The number of halogens is 1. The predicted octanol–water partition coefficient (Wildman–Crippen LogP) is -0.783. The molecule has 9 heteroatoms. The molecule has 0 saturated carbocycles. The van der Waals surface area contributed by atoms with Crippen molar-refractivity contribution in [1.82, 2.24) is 0 Å². The van der Waals surface area contributed by atoms with E-state index in [0.29, 0.717) is 0 Å².